The monoisotopic (exact) mass is 160 g/mol. The summed E-state index contributed by atoms with van der Waals surface area (Å²) in [5, 5.41) is 0. The maximum Gasteiger partial charge on any atom is 0.150 e. The van der Waals surface area contributed by atoms with Gasteiger partial charge in [0, 0.05) is 11.1 Å². The summed E-state index contributed by atoms with van der Waals surface area (Å²) in [6.45, 7) is 3.53. The molecule has 0 aliphatic rings. The molecule has 0 spiro atoms. The number of benzene rings is 1. The van der Waals surface area contributed by atoms with Crippen molar-refractivity contribution in [2.24, 2.45) is 0 Å². The molecule has 0 heterocycles. The van der Waals surface area contributed by atoms with E-state index in [-0.39, 0.29) is 0 Å². The number of hydrogen-bond acceptors (Lipinski definition) is 2. The van der Waals surface area contributed by atoms with Crippen molar-refractivity contribution in [2.75, 3.05) is 0 Å². The van der Waals surface area contributed by atoms with E-state index in [2.05, 4.69) is 6.58 Å². The zero-order valence-electron chi connectivity index (χ0n) is 6.49. The fourth-order valence-corrected chi connectivity index (χ4v) is 1.04. The van der Waals surface area contributed by atoms with E-state index < -0.39 is 0 Å². The number of aldehydes is 2. The van der Waals surface area contributed by atoms with E-state index in [9.17, 15) is 9.59 Å². The van der Waals surface area contributed by atoms with Crippen molar-refractivity contribution in [3.8, 4) is 0 Å². The summed E-state index contributed by atoms with van der Waals surface area (Å²) in [7, 11) is 0. The first-order valence-corrected chi connectivity index (χ1v) is 3.49. The first-order chi connectivity index (χ1) is 5.83. The van der Waals surface area contributed by atoms with Crippen molar-refractivity contribution in [2.45, 2.75) is 0 Å². The molecule has 0 saturated carbocycles. The summed E-state index contributed by atoms with van der Waals surface area (Å²) < 4.78 is 0. The third-order valence-electron chi connectivity index (χ3n) is 1.63. The molecule has 0 bridgehead atoms. The van der Waals surface area contributed by atoms with Crippen LogP contribution in [0, 0.1) is 0 Å². The molecular formula is C10H8O2. The molecule has 0 aromatic heterocycles. The highest BCUT2D eigenvalue weighted by atomic mass is 16.1. The number of rotatable bonds is 3. The smallest absolute Gasteiger partial charge is 0.150 e. The predicted octanol–water partition coefficient (Wildman–Crippen LogP) is 1.95. The lowest BCUT2D eigenvalue weighted by Crippen LogP contribution is -1.91. The van der Waals surface area contributed by atoms with Gasteiger partial charge >= 0.3 is 0 Å². The van der Waals surface area contributed by atoms with E-state index in [1.165, 1.54) is 6.08 Å². The molecule has 0 aliphatic heterocycles. The van der Waals surface area contributed by atoms with Gasteiger partial charge in [-0.3, -0.25) is 9.59 Å². The van der Waals surface area contributed by atoms with Crippen molar-refractivity contribution in [1.29, 1.82) is 0 Å². The topological polar surface area (TPSA) is 34.1 Å². The third-order valence-corrected chi connectivity index (χ3v) is 1.63. The lowest BCUT2D eigenvalue weighted by Gasteiger charge is -2.00. The first-order valence-electron chi connectivity index (χ1n) is 3.49. The lowest BCUT2D eigenvalue weighted by atomic mass is 10.0. The summed E-state index contributed by atoms with van der Waals surface area (Å²) >= 11 is 0. The second-order valence-electron chi connectivity index (χ2n) is 2.29. The van der Waals surface area contributed by atoms with Gasteiger partial charge in [0.1, 0.15) is 0 Å². The highest BCUT2D eigenvalue weighted by Gasteiger charge is 2.02. The van der Waals surface area contributed by atoms with Crippen LogP contribution in [0.2, 0.25) is 0 Å². The van der Waals surface area contributed by atoms with E-state index in [1.54, 1.807) is 18.2 Å². The summed E-state index contributed by atoms with van der Waals surface area (Å²) in [6.07, 6.45) is 2.93. The van der Waals surface area contributed by atoms with Gasteiger partial charge in [-0.05, 0) is 5.56 Å². The Labute approximate surface area is 70.5 Å². The van der Waals surface area contributed by atoms with E-state index >= 15 is 0 Å². The maximum absolute atomic E-state index is 10.5. The second kappa shape index (κ2) is 3.62. The minimum absolute atomic E-state index is 0.495. The molecule has 0 fully saturated rings. The van der Waals surface area contributed by atoms with Crippen molar-refractivity contribution in [1.82, 2.24) is 0 Å². The Morgan fingerprint density at radius 3 is 1.92 bits per heavy atom. The van der Waals surface area contributed by atoms with E-state index in [1.807, 2.05) is 0 Å². The molecule has 0 atom stereocenters. The Bertz CT molecular complexity index is 300. The fourth-order valence-electron chi connectivity index (χ4n) is 1.04. The molecular weight excluding hydrogens is 152 g/mol. The van der Waals surface area contributed by atoms with Crippen molar-refractivity contribution in [3.05, 3.63) is 41.5 Å². The molecule has 2 heteroatoms. The Kier molecular flexibility index (Phi) is 2.53. The van der Waals surface area contributed by atoms with Crippen LogP contribution in [0.3, 0.4) is 0 Å². The zero-order valence-corrected chi connectivity index (χ0v) is 6.49. The summed E-state index contributed by atoms with van der Waals surface area (Å²) in [6, 6.07) is 4.97. The fraction of sp³-hybridized carbons (Fsp3) is 0. The largest absolute Gasteiger partial charge is 0.298 e. The van der Waals surface area contributed by atoms with Gasteiger partial charge in [0.05, 0.1) is 0 Å². The van der Waals surface area contributed by atoms with Crippen molar-refractivity contribution in [3.63, 3.8) is 0 Å². The van der Waals surface area contributed by atoms with Crippen LogP contribution in [0.5, 0.6) is 0 Å². The zero-order chi connectivity index (χ0) is 8.97. The highest BCUT2D eigenvalue weighted by molar-refractivity contribution is 5.90. The van der Waals surface area contributed by atoms with E-state index in [4.69, 9.17) is 0 Å². The molecule has 0 radical (unpaired) electrons. The van der Waals surface area contributed by atoms with Crippen LogP contribution < -0.4 is 0 Å². The molecule has 0 aliphatic carbocycles. The Hall–Kier alpha value is -1.70. The minimum Gasteiger partial charge on any atom is -0.298 e. The Balaban J connectivity index is 3.40. The summed E-state index contributed by atoms with van der Waals surface area (Å²) in [4.78, 5) is 21.0. The van der Waals surface area contributed by atoms with Crippen LogP contribution >= 0.6 is 0 Å². The van der Waals surface area contributed by atoms with E-state index in [0.717, 1.165) is 0 Å². The van der Waals surface area contributed by atoms with Gasteiger partial charge in [-0.2, -0.15) is 0 Å². The number of carbonyl (C=O) groups excluding carboxylic acids is 2. The molecule has 1 rings (SSSR count). The molecule has 60 valence electrons. The van der Waals surface area contributed by atoms with Crippen LogP contribution in [0.25, 0.3) is 6.08 Å². The van der Waals surface area contributed by atoms with E-state index in [0.29, 0.717) is 29.3 Å². The number of hydrogen-bond donors (Lipinski definition) is 0. The average Bonchev–Trinajstić information content (AvgIpc) is 2.16. The average molecular weight is 160 g/mol. The molecule has 0 amide bonds. The third kappa shape index (κ3) is 1.32. The van der Waals surface area contributed by atoms with Gasteiger partial charge in [-0.15, -0.1) is 0 Å². The minimum atomic E-state index is 0.495. The maximum atomic E-state index is 10.5. The van der Waals surface area contributed by atoms with Gasteiger partial charge in [0.2, 0.25) is 0 Å². The standard InChI is InChI=1S/C10H8O2/c1-2-10-8(6-11)4-3-5-9(10)7-12/h2-7H,1H2. The van der Waals surface area contributed by atoms with Crippen LogP contribution in [-0.2, 0) is 0 Å². The van der Waals surface area contributed by atoms with Crippen LogP contribution in [0.15, 0.2) is 24.8 Å². The molecule has 12 heavy (non-hydrogen) atoms. The van der Waals surface area contributed by atoms with Crippen LogP contribution in [0.1, 0.15) is 26.3 Å². The van der Waals surface area contributed by atoms with Gasteiger partial charge in [0.25, 0.3) is 0 Å². The normalized spacial score (nSPS) is 9.00. The SMILES string of the molecule is C=Cc1c(C=O)cccc1C=O. The van der Waals surface area contributed by atoms with Crippen LogP contribution in [-0.4, -0.2) is 12.6 Å². The molecule has 0 unspecified atom stereocenters. The quantitative estimate of drug-likeness (QED) is 0.633. The Morgan fingerprint density at radius 2 is 1.58 bits per heavy atom. The summed E-state index contributed by atoms with van der Waals surface area (Å²) in [5.74, 6) is 0. The molecule has 0 N–H and O–H groups in total. The van der Waals surface area contributed by atoms with Crippen LogP contribution in [0.4, 0.5) is 0 Å². The predicted molar refractivity (Wildman–Crippen MR) is 47.3 cm³/mol. The van der Waals surface area contributed by atoms with Crippen molar-refractivity contribution < 1.29 is 9.59 Å². The molecule has 1 aromatic carbocycles. The van der Waals surface area contributed by atoms with Gasteiger partial charge in [-0.25, -0.2) is 0 Å². The molecule has 2 nitrogen and oxygen atoms in total. The number of carbonyl (C=O) groups is 2. The second-order valence-corrected chi connectivity index (χ2v) is 2.29. The highest BCUT2D eigenvalue weighted by Crippen LogP contribution is 2.12. The van der Waals surface area contributed by atoms with Crippen molar-refractivity contribution >= 4 is 18.6 Å². The lowest BCUT2D eigenvalue weighted by molar-refractivity contribution is 0.112. The summed E-state index contributed by atoms with van der Waals surface area (Å²) in [5.41, 5.74) is 1.59. The van der Waals surface area contributed by atoms with Gasteiger partial charge in [-0.1, -0.05) is 30.9 Å². The first kappa shape index (κ1) is 8.40. The van der Waals surface area contributed by atoms with Gasteiger partial charge < -0.3 is 0 Å². The van der Waals surface area contributed by atoms with Gasteiger partial charge in [0.15, 0.2) is 12.6 Å². The molecule has 1 aromatic rings. The molecule has 0 saturated heterocycles. The Morgan fingerprint density at radius 1 is 1.08 bits per heavy atom.